The van der Waals surface area contributed by atoms with Crippen LogP contribution in [0.15, 0.2) is 75.6 Å². The maximum Gasteiger partial charge on any atom is 0.203 e. The molecule has 1 N–H and O–H groups in total. The first-order valence-corrected chi connectivity index (χ1v) is 12.2. The molecule has 168 valence electrons. The lowest BCUT2D eigenvalue weighted by atomic mass is 10.2. The highest BCUT2D eigenvalue weighted by Crippen LogP contribution is 2.34. The number of methoxy groups -OCH3 is 1. The van der Waals surface area contributed by atoms with Crippen molar-refractivity contribution in [1.29, 1.82) is 0 Å². The first-order valence-electron chi connectivity index (χ1n) is 9.78. The molecule has 1 aromatic heterocycles. The highest BCUT2D eigenvalue weighted by atomic mass is 79.9. The summed E-state index contributed by atoms with van der Waals surface area (Å²) in [5.74, 6) is 1.15. The molecule has 0 atom stereocenters. The summed E-state index contributed by atoms with van der Waals surface area (Å²) in [6.45, 7) is 0.279. The normalized spacial score (nSPS) is 11.0. The Morgan fingerprint density at radius 3 is 2.67 bits per heavy atom. The van der Waals surface area contributed by atoms with Crippen LogP contribution in [0.1, 0.15) is 11.1 Å². The van der Waals surface area contributed by atoms with Gasteiger partial charge in [-0.3, -0.25) is 5.43 Å². The average Bonchev–Trinajstić information content (AvgIpc) is 3.29. The fraction of sp³-hybridized carbons (Fsp3) is 0.0833. The molecular formula is C24H18BrCl2N3O2S. The van der Waals surface area contributed by atoms with E-state index in [-0.39, 0.29) is 6.61 Å². The number of hydrogen-bond donors (Lipinski definition) is 1. The van der Waals surface area contributed by atoms with Gasteiger partial charge in [-0.2, -0.15) is 5.10 Å². The number of nitrogens with one attached hydrogen (secondary N) is 1. The van der Waals surface area contributed by atoms with Crippen molar-refractivity contribution in [3.8, 4) is 22.8 Å². The van der Waals surface area contributed by atoms with E-state index in [9.17, 15) is 0 Å². The van der Waals surface area contributed by atoms with Gasteiger partial charge in [-0.05, 0) is 40.2 Å². The third-order valence-corrected chi connectivity index (χ3v) is 6.64. The molecule has 5 nitrogen and oxygen atoms in total. The molecule has 0 aliphatic heterocycles. The molecule has 4 aromatic rings. The van der Waals surface area contributed by atoms with E-state index in [2.05, 4.69) is 31.4 Å². The summed E-state index contributed by atoms with van der Waals surface area (Å²) in [7, 11) is 1.59. The summed E-state index contributed by atoms with van der Waals surface area (Å²) in [6.07, 6.45) is 1.69. The Hall–Kier alpha value is -2.58. The van der Waals surface area contributed by atoms with E-state index in [4.69, 9.17) is 32.7 Å². The molecule has 0 bridgehead atoms. The second-order valence-electron chi connectivity index (χ2n) is 6.82. The van der Waals surface area contributed by atoms with E-state index in [0.29, 0.717) is 26.7 Å². The zero-order valence-electron chi connectivity index (χ0n) is 17.4. The van der Waals surface area contributed by atoms with Crippen molar-refractivity contribution in [2.75, 3.05) is 12.5 Å². The zero-order chi connectivity index (χ0) is 23.2. The molecular weight excluding hydrogens is 545 g/mol. The van der Waals surface area contributed by atoms with E-state index in [1.165, 1.54) is 11.3 Å². The van der Waals surface area contributed by atoms with Gasteiger partial charge >= 0.3 is 0 Å². The van der Waals surface area contributed by atoms with E-state index in [1.807, 2.05) is 53.9 Å². The standard InChI is InChI=1S/C24H18BrCl2N3O2S/c1-31-22-9-17(12-28-30-24-29-21(14-33-24)15-5-3-2-4-6-15)19(25)11-23(22)32-13-16-7-8-18(26)10-20(16)27/h2-12,14H,13H2,1H3,(H,29,30). The average molecular weight is 563 g/mol. The molecule has 0 saturated carbocycles. The van der Waals surface area contributed by atoms with Crippen molar-refractivity contribution in [2.24, 2.45) is 5.10 Å². The topological polar surface area (TPSA) is 55.7 Å². The van der Waals surface area contributed by atoms with Gasteiger partial charge in [-0.25, -0.2) is 4.98 Å². The lowest BCUT2D eigenvalue weighted by molar-refractivity contribution is 0.284. The molecule has 3 aromatic carbocycles. The minimum atomic E-state index is 0.279. The van der Waals surface area contributed by atoms with Crippen LogP contribution in [0.3, 0.4) is 0 Å². The van der Waals surface area contributed by atoms with Crippen LogP contribution in [-0.2, 0) is 6.61 Å². The predicted octanol–water partition coefficient (Wildman–Crippen LogP) is 7.91. The number of thiazole rings is 1. The number of hydrogen-bond acceptors (Lipinski definition) is 6. The Kier molecular flexibility index (Phi) is 7.88. The molecule has 0 aliphatic rings. The molecule has 0 amide bonds. The van der Waals surface area contributed by atoms with Crippen LogP contribution in [0.25, 0.3) is 11.3 Å². The lowest BCUT2D eigenvalue weighted by Gasteiger charge is -2.13. The van der Waals surface area contributed by atoms with Crippen LogP contribution in [0, 0.1) is 0 Å². The van der Waals surface area contributed by atoms with E-state index in [1.54, 1.807) is 25.5 Å². The highest BCUT2D eigenvalue weighted by Gasteiger charge is 2.11. The van der Waals surface area contributed by atoms with Gasteiger partial charge in [-0.1, -0.05) is 59.6 Å². The zero-order valence-corrected chi connectivity index (χ0v) is 21.3. The molecule has 0 unspecified atom stereocenters. The predicted molar refractivity (Wildman–Crippen MR) is 140 cm³/mol. The number of aromatic nitrogens is 1. The second-order valence-corrected chi connectivity index (χ2v) is 9.38. The monoisotopic (exact) mass is 561 g/mol. The van der Waals surface area contributed by atoms with E-state index in [0.717, 1.165) is 26.9 Å². The van der Waals surface area contributed by atoms with Crippen LogP contribution in [0.5, 0.6) is 11.5 Å². The maximum absolute atomic E-state index is 6.24. The van der Waals surface area contributed by atoms with Crippen molar-refractivity contribution in [3.63, 3.8) is 0 Å². The molecule has 0 radical (unpaired) electrons. The number of hydrazone groups is 1. The molecule has 4 rings (SSSR count). The molecule has 0 aliphatic carbocycles. The fourth-order valence-corrected chi connectivity index (χ4v) is 4.50. The van der Waals surface area contributed by atoms with Crippen LogP contribution in [0.4, 0.5) is 5.13 Å². The smallest absolute Gasteiger partial charge is 0.203 e. The molecule has 1 heterocycles. The number of rotatable bonds is 8. The third-order valence-electron chi connectivity index (χ3n) is 4.62. The Morgan fingerprint density at radius 2 is 1.91 bits per heavy atom. The van der Waals surface area contributed by atoms with Gasteiger partial charge in [0.25, 0.3) is 0 Å². The first-order chi connectivity index (χ1) is 16.0. The Balaban J connectivity index is 1.44. The number of ether oxygens (including phenoxy) is 2. The summed E-state index contributed by atoms with van der Waals surface area (Å²) in [6, 6.07) is 19.0. The molecule has 33 heavy (non-hydrogen) atoms. The molecule has 9 heteroatoms. The van der Waals surface area contributed by atoms with Gasteiger partial charge < -0.3 is 9.47 Å². The van der Waals surface area contributed by atoms with Gasteiger partial charge in [0, 0.05) is 36.6 Å². The third kappa shape index (κ3) is 6.06. The van der Waals surface area contributed by atoms with Gasteiger partial charge in [0.1, 0.15) is 6.61 Å². The lowest BCUT2D eigenvalue weighted by Crippen LogP contribution is -2.00. The van der Waals surface area contributed by atoms with Gasteiger partial charge in [0.05, 0.1) is 19.0 Å². The van der Waals surface area contributed by atoms with Crippen LogP contribution in [-0.4, -0.2) is 18.3 Å². The summed E-state index contributed by atoms with van der Waals surface area (Å²) in [5, 5.41) is 8.14. The minimum Gasteiger partial charge on any atom is -0.493 e. The second kappa shape index (κ2) is 11.0. The van der Waals surface area contributed by atoms with Gasteiger partial charge in [0.2, 0.25) is 5.13 Å². The van der Waals surface area contributed by atoms with Crippen molar-refractivity contribution < 1.29 is 9.47 Å². The van der Waals surface area contributed by atoms with Crippen molar-refractivity contribution in [1.82, 2.24) is 4.98 Å². The molecule has 0 saturated heterocycles. The van der Waals surface area contributed by atoms with Crippen LogP contribution < -0.4 is 14.9 Å². The number of benzene rings is 3. The largest absolute Gasteiger partial charge is 0.493 e. The highest BCUT2D eigenvalue weighted by molar-refractivity contribution is 9.10. The first kappa shape index (κ1) is 23.6. The number of halogens is 3. The molecule has 0 fully saturated rings. The Morgan fingerprint density at radius 1 is 1.09 bits per heavy atom. The summed E-state index contributed by atoms with van der Waals surface area (Å²) in [5.41, 5.74) is 6.59. The van der Waals surface area contributed by atoms with Crippen molar-refractivity contribution in [2.45, 2.75) is 6.61 Å². The molecule has 0 spiro atoms. The summed E-state index contributed by atoms with van der Waals surface area (Å²) in [4.78, 5) is 4.57. The summed E-state index contributed by atoms with van der Waals surface area (Å²) < 4.78 is 12.2. The number of nitrogens with zero attached hydrogens (tertiary/aromatic N) is 2. The SMILES string of the molecule is COc1cc(C=NNc2nc(-c3ccccc3)cs2)c(Br)cc1OCc1ccc(Cl)cc1Cl. The Bertz CT molecular complexity index is 1280. The fourth-order valence-electron chi connectivity index (χ4n) is 2.94. The summed E-state index contributed by atoms with van der Waals surface area (Å²) >= 11 is 17.3. The van der Waals surface area contributed by atoms with Crippen molar-refractivity contribution in [3.05, 3.63) is 91.7 Å². The van der Waals surface area contributed by atoms with E-state index < -0.39 is 0 Å². The van der Waals surface area contributed by atoms with E-state index >= 15 is 0 Å². The van der Waals surface area contributed by atoms with Gasteiger partial charge in [0.15, 0.2) is 11.5 Å². The number of anilines is 1. The quantitative estimate of drug-likeness (QED) is 0.175. The van der Waals surface area contributed by atoms with Crippen LogP contribution >= 0.6 is 50.5 Å². The van der Waals surface area contributed by atoms with Crippen molar-refractivity contribution >= 4 is 61.8 Å². The van der Waals surface area contributed by atoms with Crippen LogP contribution in [0.2, 0.25) is 10.0 Å². The minimum absolute atomic E-state index is 0.279. The maximum atomic E-state index is 6.24. The van der Waals surface area contributed by atoms with Gasteiger partial charge in [-0.15, -0.1) is 11.3 Å². The Labute approximate surface area is 214 Å².